The van der Waals surface area contributed by atoms with Gasteiger partial charge in [0, 0.05) is 5.56 Å². The Hall–Kier alpha value is -2.02. The molecule has 2 aromatic carbocycles. The molecule has 0 unspecified atom stereocenters. The van der Waals surface area contributed by atoms with Gasteiger partial charge in [-0.15, -0.1) is 0 Å². The maximum absolute atomic E-state index is 10.1. The maximum atomic E-state index is 10.1. The van der Waals surface area contributed by atoms with Crippen LogP contribution in [0.5, 0.6) is 17.2 Å². The van der Waals surface area contributed by atoms with Gasteiger partial charge in [0.25, 0.3) is 0 Å². The predicted octanol–water partition coefficient (Wildman–Crippen LogP) is 2.08. The van der Waals surface area contributed by atoms with E-state index >= 15 is 0 Å². The zero-order valence-electron chi connectivity index (χ0n) is 12.1. The van der Waals surface area contributed by atoms with Gasteiger partial charge in [0.15, 0.2) is 24.1 Å². The highest BCUT2D eigenvalue weighted by Gasteiger charge is 2.29. The van der Waals surface area contributed by atoms with Gasteiger partial charge < -0.3 is 24.0 Å². The summed E-state index contributed by atoms with van der Waals surface area (Å²) in [5.74, 6) is 1.13. The molecule has 0 amide bonds. The first-order chi connectivity index (χ1) is 10.7. The molecule has 0 atom stereocenters. The van der Waals surface area contributed by atoms with Crippen molar-refractivity contribution in [2.75, 3.05) is 0 Å². The lowest BCUT2D eigenvalue weighted by atomic mass is 9.87. The molecule has 0 aliphatic carbocycles. The van der Waals surface area contributed by atoms with Gasteiger partial charge in [-0.2, -0.15) is 0 Å². The van der Waals surface area contributed by atoms with Gasteiger partial charge in [-0.25, -0.2) is 0 Å². The van der Waals surface area contributed by atoms with Gasteiger partial charge in [-0.1, -0.05) is 6.07 Å². The minimum absolute atomic E-state index is 0.0565. The summed E-state index contributed by atoms with van der Waals surface area (Å²) in [4.78, 5) is 0. The van der Waals surface area contributed by atoms with Crippen molar-refractivity contribution in [1.82, 2.24) is 0 Å². The molecular weight excluding hydrogens is 283 g/mol. The molecule has 0 aromatic heterocycles. The highest BCUT2D eigenvalue weighted by molar-refractivity contribution is 6.48. The second kappa shape index (κ2) is 5.32. The van der Waals surface area contributed by atoms with E-state index in [1.165, 1.54) is 5.46 Å². The van der Waals surface area contributed by atoms with Crippen LogP contribution in [0.2, 0.25) is 0 Å². The first-order valence-electron chi connectivity index (χ1n) is 7.20. The molecule has 2 heterocycles. The Kier molecular flexibility index (Phi) is 3.30. The lowest BCUT2D eigenvalue weighted by molar-refractivity contribution is -0.382. The van der Waals surface area contributed by atoms with E-state index in [1.54, 1.807) is 12.1 Å². The SMILES string of the molecule is CC1OC(c2ccc(Oc3ccc4c(c3)COB4)c(O)c2)O1. The van der Waals surface area contributed by atoms with Crippen LogP contribution in [0.1, 0.15) is 24.3 Å². The van der Waals surface area contributed by atoms with Crippen molar-refractivity contribution in [3.05, 3.63) is 47.5 Å². The summed E-state index contributed by atoms with van der Waals surface area (Å²) < 4.78 is 21.9. The van der Waals surface area contributed by atoms with E-state index in [4.69, 9.17) is 18.9 Å². The smallest absolute Gasteiger partial charge is 0.309 e. The van der Waals surface area contributed by atoms with Gasteiger partial charge in [-0.05, 0) is 48.3 Å². The quantitative estimate of drug-likeness (QED) is 0.879. The molecule has 2 aliphatic heterocycles. The third-order valence-electron chi connectivity index (χ3n) is 3.81. The van der Waals surface area contributed by atoms with Crippen molar-refractivity contribution in [3.63, 3.8) is 0 Å². The lowest BCUT2D eigenvalue weighted by Crippen LogP contribution is -2.31. The lowest BCUT2D eigenvalue weighted by Gasteiger charge is -2.33. The Bertz CT molecular complexity index is 712. The fraction of sp³-hybridized carbons (Fsp3) is 0.250. The minimum atomic E-state index is -0.410. The van der Waals surface area contributed by atoms with E-state index in [-0.39, 0.29) is 12.0 Å². The summed E-state index contributed by atoms with van der Waals surface area (Å²) in [7, 11) is 0.648. The summed E-state index contributed by atoms with van der Waals surface area (Å²) in [6.45, 7) is 2.43. The first-order valence-corrected chi connectivity index (χ1v) is 7.20. The molecule has 6 heteroatoms. The third kappa shape index (κ3) is 2.45. The summed E-state index contributed by atoms with van der Waals surface area (Å²) >= 11 is 0. The number of phenols is 1. The van der Waals surface area contributed by atoms with E-state index in [1.807, 2.05) is 31.2 Å². The number of hydrogen-bond donors (Lipinski definition) is 1. The van der Waals surface area contributed by atoms with Gasteiger partial charge >= 0.3 is 7.48 Å². The van der Waals surface area contributed by atoms with Crippen LogP contribution in [0.4, 0.5) is 0 Å². The number of aromatic hydroxyl groups is 1. The van der Waals surface area contributed by atoms with Crippen molar-refractivity contribution < 1.29 is 24.0 Å². The topological polar surface area (TPSA) is 57.2 Å². The van der Waals surface area contributed by atoms with Crippen LogP contribution < -0.4 is 10.2 Å². The zero-order valence-corrected chi connectivity index (χ0v) is 12.1. The Morgan fingerprint density at radius 1 is 1.18 bits per heavy atom. The molecule has 2 aromatic rings. The fourth-order valence-corrected chi connectivity index (χ4v) is 2.62. The number of hydrogen-bond acceptors (Lipinski definition) is 5. The standard InChI is InChI=1S/C16H15BO5/c1-9-20-16(21-9)10-2-5-15(14(18)7-10)22-12-3-4-13-11(6-12)8-19-17-13/h2-7,9,16-18H,8H2,1H3. The van der Waals surface area contributed by atoms with Crippen LogP contribution >= 0.6 is 0 Å². The normalized spacial score (nSPS) is 22.6. The third-order valence-corrected chi connectivity index (χ3v) is 3.81. The summed E-state index contributed by atoms with van der Waals surface area (Å²) in [5, 5.41) is 10.1. The maximum Gasteiger partial charge on any atom is 0.309 e. The van der Waals surface area contributed by atoms with E-state index < -0.39 is 6.29 Å². The molecule has 22 heavy (non-hydrogen) atoms. The van der Waals surface area contributed by atoms with Gasteiger partial charge in [0.05, 0.1) is 6.61 Å². The Morgan fingerprint density at radius 2 is 2.05 bits per heavy atom. The number of phenolic OH excluding ortho intramolecular Hbond substituents is 1. The second-order valence-electron chi connectivity index (χ2n) is 5.42. The van der Waals surface area contributed by atoms with Crippen LogP contribution in [0.3, 0.4) is 0 Å². The average Bonchev–Trinajstić information content (AvgIpc) is 2.94. The number of rotatable bonds is 3. The molecule has 1 N–H and O–H groups in total. The molecule has 0 bridgehead atoms. The Labute approximate surface area is 128 Å². The highest BCUT2D eigenvalue weighted by Crippen LogP contribution is 2.37. The molecule has 1 saturated heterocycles. The van der Waals surface area contributed by atoms with Crippen LogP contribution in [0.15, 0.2) is 36.4 Å². The van der Waals surface area contributed by atoms with Crippen molar-refractivity contribution in [3.8, 4) is 17.2 Å². The van der Waals surface area contributed by atoms with Crippen LogP contribution in [0.25, 0.3) is 0 Å². The van der Waals surface area contributed by atoms with E-state index in [9.17, 15) is 5.11 Å². The monoisotopic (exact) mass is 298 g/mol. The summed E-state index contributed by atoms with van der Waals surface area (Å²) in [6, 6.07) is 10.9. The van der Waals surface area contributed by atoms with Crippen LogP contribution in [0, 0.1) is 0 Å². The molecule has 0 spiro atoms. The molecule has 112 valence electrons. The molecule has 2 aliphatic rings. The highest BCUT2D eigenvalue weighted by atomic mass is 16.9. The summed E-state index contributed by atoms with van der Waals surface area (Å²) in [6.07, 6.45) is -0.608. The number of fused-ring (bicyclic) bond motifs is 1. The zero-order chi connectivity index (χ0) is 15.1. The largest absolute Gasteiger partial charge is 0.504 e. The predicted molar refractivity (Wildman–Crippen MR) is 80.6 cm³/mol. The van der Waals surface area contributed by atoms with Crippen molar-refractivity contribution >= 4 is 12.9 Å². The van der Waals surface area contributed by atoms with Crippen molar-refractivity contribution in [2.24, 2.45) is 0 Å². The fourth-order valence-electron chi connectivity index (χ4n) is 2.62. The van der Waals surface area contributed by atoms with Gasteiger partial charge in [0.2, 0.25) is 0 Å². The first kappa shape index (κ1) is 13.6. The van der Waals surface area contributed by atoms with Gasteiger partial charge in [0.1, 0.15) is 5.75 Å². The minimum Gasteiger partial charge on any atom is -0.504 e. The Morgan fingerprint density at radius 3 is 2.82 bits per heavy atom. The van der Waals surface area contributed by atoms with Crippen molar-refractivity contribution in [1.29, 1.82) is 0 Å². The second-order valence-corrected chi connectivity index (χ2v) is 5.42. The number of ether oxygens (including phenoxy) is 3. The Balaban J connectivity index is 1.53. The van der Waals surface area contributed by atoms with Crippen molar-refractivity contribution in [2.45, 2.75) is 26.1 Å². The van der Waals surface area contributed by atoms with E-state index in [2.05, 4.69) is 0 Å². The molecule has 0 saturated carbocycles. The van der Waals surface area contributed by atoms with E-state index in [0.29, 0.717) is 25.6 Å². The van der Waals surface area contributed by atoms with Crippen LogP contribution in [-0.4, -0.2) is 18.9 Å². The van der Waals surface area contributed by atoms with Crippen LogP contribution in [-0.2, 0) is 20.7 Å². The molecule has 1 fully saturated rings. The molecule has 5 nitrogen and oxygen atoms in total. The summed E-state index contributed by atoms with van der Waals surface area (Å²) in [5.41, 5.74) is 3.07. The molecule has 0 radical (unpaired) electrons. The van der Waals surface area contributed by atoms with Gasteiger partial charge in [-0.3, -0.25) is 0 Å². The number of benzene rings is 2. The molecular formula is C16H15BO5. The molecule has 4 rings (SSSR count). The average molecular weight is 298 g/mol. The van der Waals surface area contributed by atoms with E-state index in [0.717, 1.165) is 11.1 Å².